The van der Waals surface area contributed by atoms with Gasteiger partial charge in [0.2, 0.25) is 0 Å². The van der Waals surface area contributed by atoms with E-state index in [4.69, 9.17) is 0 Å². The van der Waals surface area contributed by atoms with Gasteiger partial charge in [-0.25, -0.2) is 0 Å². The molecule has 0 saturated heterocycles. The molecule has 1 radical (unpaired) electrons. The molecule has 0 bridgehead atoms. The van der Waals surface area contributed by atoms with Crippen LogP contribution in [0.1, 0.15) is 0 Å². The summed E-state index contributed by atoms with van der Waals surface area (Å²) < 4.78 is 0. The predicted molar refractivity (Wildman–Crippen MR) is 51.5 cm³/mol. The summed E-state index contributed by atoms with van der Waals surface area (Å²) in [4.78, 5) is 0. The average Bonchev–Trinajstić information content (AvgIpc) is 1.14. The molecule has 0 spiro atoms. The van der Waals surface area contributed by atoms with Gasteiger partial charge in [-0.05, 0) is 0 Å². The van der Waals surface area contributed by atoms with Crippen LogP contribution in [0.3, 0.4) is 0 Å². The molecule has 0 unspecified atom stereocenters. The van der Waals surface area contributed by atoms with Crippen LogP contribution in [0.4, 0.5) is 0 Å². The molecular formula is C7H20ScSi2. The molecule has 3 heteroatoms. The molecule has 59 valence electrons. The van der Waals surface area contributed by atoms with Crippen molar-refractivity contribution in [2.45, 2.75) is 44.9 Å². The molecule has 0 aliphatic heterocycles. The zero-order chi connectivity index (χ0) is 7.71. The second-order valence-electron chi connectivity index (χ2n) is 5.30. The summed E-state index contributed by atoms with van der Waals surface area (Å²) in [6, 6.07) is 0. The number of rotatable bonds is 2. The number of hydrogen-bond acceptors (Lipinski definition) is 0. The van der Waals surface area contributed by atoms with Crippen LogP contribution in [0.25, 0.3) is 0 Å². The maximum Gasteiger partial charge on any atom is 0.0416 e. The molecule has 0 nitrogen and oxygen atoms in total. The van der Waals surface area contributed by atoms with Crippen molar-refractivity contribution in [3.63, 3.8) is 0 Å². The first-order valence-electron chi connectivity index (χ1n) is 3.71. The van der Waals surface area contributed by atoms with E-state index in [1.165, 1.54) is 0 Å². The van der Waals surface area contributed by atoms with E-state index < -0.39 is 16.1 Å². The first kappa shape index (κ1) is 13.9. The van der Waals surface area contributed by atoms with E-state index in [-0.39, 0.29) is 25.8 Å². The van der Waals surface area contributed by atoms with Gasteiger partial charge in [-0.1, -0.05) is 44.9 Å². The van der Waals surface area contributed by atoms with Crippen LogP contribution in [0.15, 0.2) is 0 Å². The van der Waals surface area contributed by atoms with Gasteiger partial charge in [0.15, 0.2) is 0 Å². The van der Waals surface area contributed by atoms with Crippen molar-refractivity contribution in [2.75, 3.05) is 0 Å². The van der Waals surface area contributed by atoms with E-state index in [0.717, 1.165) is 0 Å². The Kier molecular flexibility index (Phi) is 6.04. The van der Waals surface area contributed by atoms with Crippen molar-refractivity contribution in [1.82, 2.24) is 0 Å². The van der Waals surface area contributed by atoms with Crippen molar-refractivity contribution in [3.8, 4) is 0 Å². The largest absolute Gasteiger partial charge is 0.0698 e. The summed E-state index contributed by atoms with van der Waals surface area (Å²) in [7, 11) is -1.46. The van der Waals surface area contributed by atoms with E-state index >= 15 is 0 Å². The van der Waals surface area contributed by atoms with Crippen molar-refractivity contribution in [2.24, 2.45) is 0 Å². The quantitative estimate of drug-likeness (QED) is 0.607. The van der Waals surface area contributed by atoms with E-state index in [1.807, 2.05) is 0 Å². The fraction of sp³-hybridized carbons (Fsp3) is 1.00. The molecule has 0 N–H and O–H groups in total. The minimum absolute atomic E-state index is 0. The van der Waals surface area contributed by atoms with Crippen molar-refractivity contribution >= 4 is 16.1 Å². The first-order chi connectivity index (χ1) is 3.71. The molecule has 0 amide bonds. The molecule has 0 aromatic rings. The number of hydrogen-bond donors (Lipinski definition) is 0. The van der Waals surface area contributed by atoms with Gasteiger partial charge >= 0.3 is 0 Å². The summed E-state index contributed by atoms with van der Waals surface area (Å²) in [6.45, 7) is 14.8. The molecule has 0 rings (SSSR count). The van der Waals surface area contributed by atoms with Crippen LogP contribution < -0.4 is 0 Å². The third-order valence-corrected chi connectivity index (χ3v) is 9.55. The molecule has 0 aromatic heterocycles. The van der Waals surface area contributed by atoms with E-state index in [2.05, 4.69) is 39.3 Å². The minimum Gasteiger partial charge on any atom is -0.0698 e. The first-order valence-corrected chi connectivity index (χ1v) is 11.1. The maximum atomic E-state index is 2.46. The smallest absolute Gasteiger partial charge is 0.0416 e. The predicted octanol–water partition coefficient (Wildman–Crippen LogP) is 3.20. The van der Waals surface area contributed by atoms with Gasteiger partial charge in [0.1, 0.15) is 0 Å². The van der Waals surface area contributed by atoms with Crippen LogP contribution in [-0.4, -0.2) is 16.1 Å². The van der Waals surface area contributed by atoms with Crippen molar-refractivity contribution in [1.29, 1.82) is 0 Å². The molecule has 0 aliphatic rings. The maximum absolute atomic E-state index is 2.46. The van der Waals surface area contributed by atoms with Gasteiger partial charge in [-0.2, -0.15) is 0 Å². The van der Waals surface area contributed by atoms with Crippen molar-refractivity contribution < 1.29 is 25.8 Å². The fourth-order valence-corrected chi connectivity index (χ4v) is 14.3. The minimum atomic E-state index is -0.731. The van der Waals surface area contributed by atoms with Crippen LogP contribution in [0.2, 0.25) is 44.9 Å². The SMILES string of the molecule is C[Si](C)(C)C[Si](C)(C)C.[Sc]. The molecule has 0 fully saturated rings. The molecule has 0 aliphatic carbocycles. The Bertz CT molecular complexity index is 76.8. The summed E-state index contributed by atoms with van der Waals surface area (Å²) in [5.74, 6) is 0. The average molecular weight is 205 g/mol. The molecule has 0 atom stereocenters. The Labute approximate surface area is 86.6 Å². The third kappa shape index (κ3) is 12.0. The Morgan fingerprint density at radius 3 is 0.900 bits per heavy atom. The summed E-state index contributed by atoms with van der Waals surface area (Å²) in [5.41, 5.74) is 1.57. The van der Waals surface area contributed by atoms with Gasteiger partial charge in [-0.15, -0.1) is 0 Å². The molecule has 0 saturated carbocycles. The van der Waals surface area contributed by atoms with Gasteiger partial charge < -0.3 is 0 Å². The fourth-order valence-electron chi connectivity index (χ4n) is 1.59. The summed E-state index contributed by atoms with van der Waals surface area (Å²) in [6.07, 6.45) is 0. The summed E-state index contributed by atoms with van der Waals surface area (Å²) >= 11 is 0. The third-order valence-electron chi connectivity index (χ3n) is 1.06. The van der Waals surface area contributed by atoms with Gasteiger partial charge in [-0.3, -0.25) is 0 Å². The monoisotopic (exact) mass is 205 g/mol. The summed E-state index contributed by atoms with van der Waals surface area (Å²) in [5, 5.41) is 0. The zero-order valence-electron chi connectivity index (χ0n) is 8.28. The van der Waals surface area contributed by atoms with Crippen LogP contribution in [0, 0.1) is 0 Å². The Morgan fingerprint density at radius 1 is 0.700 bits per heavy atom. The second kappa shape index (κ2) is 4.36. The van der Waals surface area contributed by atoms with Gasteiger partial charge in [0.25, 0.3) is 0 Å². The second-order valence-corrected chi connectivity index (χ2v) is 17.0. The van der Waals surface area contributed by atoms with E-state index in [1.54, 1.807) is 5.67 Å². The standard InChI is InChI=1S/C7H20Si2.Sc/c1-8(2,3)7-9(4,5)6;/h7H2,1-6H3;. The Balaban J connectivity index is 0. The van der Waals surface area contributed by atoms with Gasteiger partial charge in [0.05, 0.1) is 0 Å². The molecule has 10 heavy (non-hydrogen) atoms. The van der Waals surface area contributed by atoms with Crippen LogP contribution in [-0.2, 0) is 25.8 Å². The van der Waals surface area contributed by atoms with E-state index in [9.17, 15) is 0 Å². The Hall–Kier alpha value is 1.30. The molecule has 0 aromatic carbocycles. The van der Waals surface area contributed by atoms with Crippen LogP contribution in [0.5, 0.6) is 0 Å². The van der Waals surface area contributed by atoms with E-state index in [0.29, 0.717) is 0 Å². The molecular weight excluding hydrogens is 185 g/mol. The molecule has 0 heterocycles. The zero-order valence-corrected chi connectivity index (χ0v) is 12.1. The Morgan fingerprint density at radius 2 is 0.900 bits per heavy atom. The van der Waals surface area contributed by atoms with Gasteiger partial charge in [0, 0.05) is 42.0 Å². The van der Waals surface area contributed by atoms with Crippen molar-refractivity contribution in [3.05, 3.63) is 0 Å². The van der Waals surface area contributed by atoms with Crippen LogP contribution >= 0.6 is 0 Å². The topological polar surface area (TPSA) is 0 Å². The normalized spacial score (nSPS) is 12.6.